The summed E-state index contributed by atoms with van der Waals surface area (Å²) in [6.45, 7) is 7.81. The predicted molar refractivity (Wildman–Crippen MR) is 62.6 cm³/mol. The van der Waals surface area contributed by atoms with Crippen LogP contribution in [-0.2, 0) is 14.3 Å². The Kier molecular flexibility index (Phi) is 4.93. The molecule has 0 spiro atoms. The highest BCUT2D eigenvalue weighted by Crippen LogP contribution is 2.15. The fourth-order valence-electron chi connectivity index (χ4n) is 1.34. The van der Waals surface area contributed by atoms with E-state index in [0.29, 0.717) is 13.0 Å². The number of hydrogen-bond donors (Lipinski definition) is 0. The lowest BCUT2D eigenvalue weighted by Crippen LogP contribution is -2.49. The molecular weight excluding hydrogens is 222 g/mol. The fraction of sp³-hybridized carbons (Fsp3) is 0.833. The number of rotatable bonds is 0. The Morgan fingerprint density at radius 1 is 1.29 bits per heavy atom. The molecule has 17 heavy (non-hydrogen) atoms. The Bertz CT molecular complexity index is 271. The third-order valence-electron chi connectivity index (χ3n) is 2.29. The van der Waals surface area contributed by atoms with Gasteiger partial charge in [-0.05, 0) is 33.6 Å². The first-order valence-electron chi connectivity index (χ1n) is 6.01. The number of carbonyl (C=O) groups excluding carboxylic acids is 2. The van der Waals surface area contributed by atoms with Gasteiger partial charge in [0.25, 0.3) is 0 Å². The summed E-state index contributed by atoms with van der Waals surface area (Å²) in [5.74, 6) is -0.149. The molecule has 2 amide bonds. The van der Waals surface area contributed by atoms with Gasteiger partial charge in [-0.1, -0.05) is 0 Å². The minimum atomic E-state index is -0.529. The summed E-state index contributed by atoms with van der Waals surface area (Å²) >= 11 is 0. The first kappa shape index (κ1) is 14.0. The summed E-state index contributed by atoms with van der Waals surface area (Å²) in [7, 11) is 0. The first-order chi connectivity index (χ1) is 7.90. The molecule has 0 bridgehead atoms. The highest BCUT2D eigenvalue weighted by atomic mass is 16.6. The number of amides is 2. The lowest BCUT2D eigenvalue weighted by molar-refractivity contribution is -0.138. The summed E-state index contributed by atoms with van der Waals surface area (Å²) in [6.07, 6.45) is 2.48. The summed E-state index contributed by atoms with van der Waals surface area (Å²) in [4.78, 5) is 23.0. The Labute approximate surface area is 102 Å². The van der Waals surface area contributed by atoms with Gasteiger partial charge in [0.05, 0.1) is 0 Å². The zero-order chi connectivity index (χ0) is 12.9. The summed E-state index contributed by atoms with van der Waals surface area (Å²) in [6, 6.07) is 0. The number of carbonyl (C=O) groups is 2. The van der Waals surface area contributed by atoms with E-state index in [1.807, 2.05) is 0 Å². The summed E-state index contributed by atoms with van der Waals surface area (Å²) < 4.78 is 9.92. The Hall–Kier alpha value is -1.10. The van der Waals surface area contributed by atoms with E-state index in [-0.39, 0.29) is 5.91 Å². The Balaban J connectivity index is 0.000000239. The van der Waals surface area contributed by atoms with E-state index in [2.05, 4.69) is 0 Å². The zero-order valence-electron chi connectivity index (χ0n) is 10.8. The van der Waals surface area contributed by atoms with Crippen molar-refractivity contribution in [1.29, 1.82) is 0 Å². The molecule has 2 heterocycles. The van der Waals surface area contributed by atoms with Gasteiger partial charge in [-0.3, -0.25) is 4.79 Å². The highest BCUT2D eigenvalue weighted by molar-refractivity contribution is 5.96. The quantitative estimate of drug-likeness (QED) is 0.610. The van der Waals surface area contributed by atoms with Crippen molar-refractivity contribution in [3.63, 3.8) is 0 Å². The third-order valence-corrected chi connectivity index (χ3v) is 2.29. The van der Waals surface area contributed by atoms with Crippen LogP contribution in [0, 0.1) is 0 Å². The molecule has 2 aliphatic heterocycles. The van der Waals surface area contributed by atoms with Gasteiger partial charge in [0.15, 0.2) is 0 Å². The van der Waals surface area contributed by atoms with Crippen LogP contribution in [0.15, 0.2) is 0 Å². The molecule has 0 atom stereocenters. The van der Waals surface area contributed by atoms with E-state index in [1.165, 1.54) is 12.8 Å². The van der Waals surface area contributed by atoms with Gasteiger partial charge in [-0.25, -0.2) is 9.69 Å². The molecular formula is C12H21NO4. The monoisotopic (exact) mass is 243 g/mol. The van der Waals surface area contributed by atoms with E-state index in [0.717, 1.165) is 18.1 Å². The molecule has 0 aromatic carbocycles. The maximum Gasteiger partial charge on any atom is 0.417 e. The van der Waals surface area contributed by atoms with Gasteiger partial charge in [0.2, 0.25) is 5.91 Å². The normalized spacial score (nSPS) is 19.2. The number of ether oxygens (including phenoxy) is 2. The lowest BCUT2D eigenvalue weighted by Gasteiger charge is -2.30. The summed E-state index contributed by atoms with van der Waals surface area (Å²) in [5.41, 5.74) is -0.521. The largest absolute Gasteiger partial charge is 0.443 e. The number of likely N-dealkylation sites (tertiary alicyclic amines) is 1. The molecule has 0 unspecified atom stereocenters. The molecule has 2 rings (SSSR count). The Morgan fingerprint density at radius 2 is 1.88 bits per heavy atom. The van der Waals surface area contributed by atoms with Crippen LogP contribution in [0.25, 0.3) is 0 Å². The van der Waals surface area contributed by atoms with Crippen LogP contribution in [0.3, 0.4) is 0 Å². The molecule has 2 aliphatic rings. The van der Waals surface area contributed by atoms with Gasteiger partial charge in [-0.15, -0.1) is 0 Å². The molecule has 0 aromatic rings. The van der Waals surface area contributed by atoms with E-state index in [4.69, 9.17) is 9.47 Å². The average molecular weight is 243 g/mol. The molecule has 0 aliphatic carbocycles. The van der Waals surface area contributed by atoms with Crippen molar-refractivity contribution in [2.75, 3.05) is 19.8 Å². The SMILES string of the molecule is C1CCOC1.CC(C)(C)OC(=O)N1CCC1=O. The minimum absolute atomic E-state index is 0.149. The molecule has 0 aromatic heterocycles. The number of hydrogen-bond acceptors (Lipinski definition) is 4. The predicted octanol–water partition coefficient (Wildman–Crippen LogP) is 1.95. The van der Waals surface area contributed by atoms with Crippen molar-refractivity contribution < 1.29 is 19.1 Å². The molecule has 0 radical (unpaired) electrons. The van der Waals surface area contributed by atoms with Crippen molar-refractivity contribution in [2.45, 2.75) is 45.6 Å². The van der Waals surface area contributed by atoms with Gasteiger partial charge in [-0.2, -0.15) is 0 Å². The van der Waals surface area contributed by atoms with Crippen molar-refractivity contribution in [3.05, 3.63) is 0 Å². The molecule has 0 saturated carbocycles. The fourth-order valence-corrected chi connectivity index (χ4v) is 1.34. The average Bonchev–Trinajstić information content (AvgIpc) is 2.69. The molecule has 2 saturated heterocycles. The van der Waals surface area contributed by atoms with Gasteiger partial charge < -0.3 is 9.47 Å². The molecule has 0 N–H and O–H groups in total. The zero-order valence-corrected chi connectivity index (χ0v) is 10.8. The van der Waals surface area contributed by atoms with Crippen molar-refractivity contribution in [1.82, 2.24) is 4.90 Å². The first-order valence-corrected chi connectivity index (χ1v) is 6.01. The van der Waals surface area contributed by atoms with E-state index < -0.39 is 11.7 Å². The van der Waals surface area contributed by atoms with E-state index in [9.17, 15) is 9.59 Å². The van der Waals surface area contributed by atoms with Crippen LogP contribution in [0.4, 0.5) is 4.79 Å². The highest BCUT2D eigenvalue weighted by Gasteiger charge is 2.33. The van der Waals surface area contributed by atoms with Crippen LogP contribution in [0.2, 0.25) is 0 Å². The van der Waals surface area contributed by atoms with E-state index >= 15 is 0 Å². The second kappa shape index (κ2) is 6.00. The summed E-state index contributed by atoms with van der Waals surface area (Å²) in [5, 5.41) is 0. The number of nitrogens with zero attached hydrogens (tertiary/aromatic N) is 1. The van der Waals surface area contributed by atoms with E-state index in [1.54, 1.807) is 20.8 Å². The van der Waals surface area contributed by atoms with Crippen LogP contribution >= 0.6 is 0 Å². The van der Waals surface area contributed by atoms with Crippen LogP contribution in [0.5, 0.6) is 0 Å². The number of β-lactam (4-membered cyclic amide) rings is 1. The third kappa shape index (κ3) is 5.17. The molecule has 2 fully saturated rings. The van der Waals surface area contributed by atoms with Crippen molar-refractivity contribution in [3.8, 4) is 0 Å². The van der Waals surface area contributed by atoms with Gasteiger partial charge >= 0.3 is 6.09 Å². The maximum atomic E-state index is 11.1. The number of imide groups is 1. The van der Waals surface area contributed by atoms with Crippen LogP contribution in [-0.4, -0.2) is 42.3 Å². The second-order valence-corrected chi connectivity index (χ2v) is 5.10. The van der Waals surface area contributed by atoms with Crippen LogP contribution in [0.1, 0.15) is 40.0 Å². The maximum absolute atomic E-state index is 11.1. The minimum Gasteiger partial charge on any atom is -0.443 e. The second-order valence-electron chi connectivity index (χ2n) is 5.10. The smallest absolute Gasteiger partial charge is 0.417 e. The Morgan fingerprint density at radius 3 is 2.12 bits per heavy atom. The van der Waals surface area contributed by atoms with Gasteiger partial charge in [0, 0.05) is 26.2 Å². The van der Waals surface area contributed by atoms with Crippen molar-refractivity contribution >= 4 is 12.0 Å². The van der Waals surface area contributed by atoms with Crippen molar-refractivity contribution in [2.24, 2.45) is 0 Å². The standard InChI is InChI=1S/C8H13NO3.C4H8O/c1-8(2,3)12-7(11)9-5-4-6(9)10;1-2-4-5-3-1/h4-5H2,1-3H3;1-4H2. The van der Waals surface area contributed by atoms with Crippen LogP contribution < -0.4 is 0 Å². The molecule has 5 nitrogen and oxygen atoms in total. The molecule has 98 valence electrons. The molecule has 5 heteroatoms. The van der Waals surface area contributed by atoms with Gasteiger partial charge in [0.1, 0.15) is 5.60 Å². The topological polar surface area (TPSA) is 55.8 Å². The lowest BCUT2D eigenvalue weighted by atomic mass is 10.2.